The highest BCUT2D eigenvalue weighted by atomic mass is 35.5. The topological polar surface area (TPSA) is 84.2 Å². The van der Waals surface area contributed by atoms with Gasteiger partial charge >= 0.3 is 0 Å². The van der Waals surface area contributed by atoms with Gasteiger partial charge in [0.25, 0.3) is 0 Å². The van der Waals surface area contributed by atoms with Gasteiger partial charge in [0.1, 0.15) is 6.04 Å². The van der Waals surface area contributed by atoms with Gasteiger partial charge in [-0.05, 0) is 31.2 Å². The lowest BCUT2D eigenvalue weighted by Crippen LogP contribution is -2.45. The summed E-state index contributed by atoms with van der Waals surface area (Å²) in [6.45, 7) is 2.17. The van der Waals surface area contributed by atoms with Crippen LogP contribution in [0.25, 0.3) is 0 Å². The van der Waals surface area contributed by atoms with Gasteiger partial charge in [-0.1, -0.05) is 36.8 Å². The summed E-state index contributed by atoms with van der Waals surface area (Å²) in [5.41, 5.74) is 7.00. The molecule has 128 valence electrons. The molecule has 23 heavy (non-hydrogen) atoms. The molecule has 0 radical (unpaired) electrons. The van der Waals surface area contributed by atoms with E-state index in [1.807, 2.05) is 30.3 Å². The minimum Gasteiger partial charge on any atom is -0.350 e. The van der Waals surface area contributed by atoms with Crippen molar-refractivity contribution in [3.8, 4) is 0 Å². The molecule has 1 fully saturated rings. The SMILES string of the molecule is CC(NC(=O)C[C@@H]1CCC[C@H]1N)C(=O)NCc1ccccc1.Cl. The summed E-state index contributed by atoms with van der Waals surface area (Å²) in [6, 6.07) is 9.27. The fraction of sp³-hybridized carbons (Fsp3) is 0.529. The van der Waals surface area contributed by atoms with Gasteiger partial charge in [-0.25, -0.2) is 0 Å². The number of hydrogen-bond donors (Lipinski definition) is 3. The van der Waals surface area contributed by atoms with E-state index in [9.17, 15) is 9.59 Å². The van der Waals surface area contributed by atoms with E-state index >= 15 is 0 Å². The van der Waals surface area contributed by atoms with Crippen molar-refractivity contribution in [1.82, 2.24) is 10.6 Å². The molecule has 1 aliphatic rings. The maximum atomic E-state index is 12.0. The minimum atomic E-state index is -0.533. The predicted octanol–water partition coefficient (Wildman–Crippen LogP) is 1.75. The summed E-state index contributed by atoms with van der Waals surface area (Å²) < 4.78 is 0. The van der Waals surface area contributed by atoms with Crippen LogP contribution in [0.1, 0.15) is 38.2 Å². The van der Waals surface area contributed by atoms with Crippen LogP contribution in [0.15, 0.2) is 30.3 Å². The number of hydrogen-bond acceptors (Lipinski definition) is 3. The average molecular weight is 340 g/mol. The zero-order valence-electron chi connectivity index (χ0n) is 13.5. The van der Waals surface area contributed by atoms with Crippen molar-refractivity contribution in [3.63, 3.8) is 0 Å². The number of halogens is 1. The second kappa shape index (κ2) is 9.53. The molecule has 1 saturated carbocycles. The zero-order valence-corrected chi connectivity index (χ0v) is 14.3. The van der Waals surface area contributed by atoms with Crippen molar-refractivity contribution in [2.45, 2.75) is 51.2 Å². The van der Waals surface area contributed by atoms with Crippen molar-refractivity contribution < 1.29 is 9.59 Å². The molecular weight excluding hydrogens is 314 g/mol. The van der Waals surface area contributed by atoms with Crippen molar-refractivity contribution in [1.29, 1.82) is 0 Å². The first kappa shape index (κ1) is 19.5. The molecule has 1 aliphatic carbocycles. The average Bonchev–Trinajstić information content (AvgIpc) is 2.90. The van der Waals surface area contributed by atoms with E-state index in [1.165, 1.54) is 0 Å². The third kappa shape index (κ3) is 6.20. The Labute approximate surface area is 143 Å². The predicted molar refractivity (Wildman–Crippen MR) is 93.1 cm³/mol. The van der Waals surface area contributed by atoms with E-state index in [0.717, 1.165) is 24.8 Å². The van der Waals surface area contributed by atoms with E-state index in [1.54, 1.807) is 6.92 Å². The van der Waals surface area contributed by atoms with E-state index in [4.69, 9.17) is 5.73 Å². The first-order valence-electron chi connectivity index (χ1n) is 7.93. The van der Waals surface area contributed by atoms with Crippen LogP contribution in [0.4, 0.5) is 0 Å². The highest BCUT2D eigenvalue weighted by Gasteiger charge is 2.27. The lowest BCUT2D eigenvalue weighted by Gasteiger charge is -2.18. The number of carbonyl (C=O) groups is 2. The molecule has 0 bridgehead atoms. The van der Waals surface area contributed by atoms with Gasteiger partial charge in [0.05, 0.1) is 0 Å². The van der Waals surface area contributed by atoms with Crippen LogP contribution < -0.4 is 16.4 Å². The van der Waals surface area contributed by atoms with Crippen LogP contribution in [0, 0.1) is 5.92 Å². The standard InChI is InChI=1S/C17H25N3O2.ClH/c1-12(17(22)19-11-13-6-3-2-4-7-13)20-16(21)10-14-8-5-9-15(14)18;/h2-4,6-7,12,14-15H,5,8-11,18H2,1H3,(H,19,22)(H,20,21);1H/t12?,14-,15+;/m0./s1. The molecule has 1 unspecified atom stereocenters. The first-order chi connectivity index (χ1) is 10.6. The van der Waals surface area contributed by atoms with Gasteiger partial charge in [0, 0.05) is 19.0 Å². The van der Waals surface area contributed by atoms with Gasteiger partial charge in [-0.2, -0.15) is 0 Å². The lowest BCUT2D eigenvalue weighted by atomic mass is 10.00. The van der Waals surface area contributed by atoms with Gasteiger partial charge in [-0.3, -0.25) is 9.59 Å². The summed E-state index contributed by atoms with van der Waals surface area (Å²) in [5, 5.41) is 5.58. The fourth-order valence-electron chi connectivity index (χ4n) is 2.86. The molecule has 2 amide bonds. The number of amides is 2. The summed E-state index contributed by atoms with van der Waals surface area (Å²) in [4.78, 5) is 24.0. The van der Waals surface area contributed by atoms with Crippen molar-refractivity contribution >= 4 is 24.2 Å². The van der Waals surface area contributed by atoms with Gasteiger partial charge in [0.15, 0.2) is 0 Å². The Morgan fingerprint density at radius 3 is 2.57 bits per heavy atom. The summed E-state index contributed by atoms with van der Waals surface area (Å²) in [6.07, 6.45) is 3.50. The van der Waals surface area contributed by atoms with Crippen LogP contribution in [0.3, 0.4) is 0 Å². The summed E-state index contributed by atoms with van der Waals surface area (Å²) in [7, 11) is 0. The van der Waals surface area contributed by atoms with Gasteiger partial charge in [-0.15, -0.1) is 12.4 Å². The number of carbonyl (C=O) groups excluding carboxylic acids is 2. The maximum Gasteiger partial charge on any atom is 0.242 e. The minimum absolute atomic E-state index is 0. The second-order valence-electron chi connectivity index (χ2n) is 6.05. The molecule has 2 rings (SSSR count). The van der Waals surface area contributed by atoms with Crippen LogP contribution in [-0.2, 0) is 16.1 Å². The first-order valence-corrected chi connectivity index (χ1v) is 7.93. The molecule has 0 spiro atoms. The normalized spacial score (nSPS) is 21.1. The van der Waals surface area contributed by atoms with Gasteiger partial charge in [0.2, 0.25) is 11.8 Å². The van der Waals surface area contributed by atoms with Crippen molar-refractivity contribution in [2.75, 3.05) is 0 Å². The van der Waals surface area contributed by atoms with Crippen LogP contribution in [0.2, 0.25) is 0 Å². The third-order valence-corrected chi connectivity index (χ3v) is 4.25. The van der Waals surface area contributed by atoms with Crippen LogP contribution in [0.5, 0.6) is 0 Å². The largest absolute Gasteiger partial charge is 0.350 e. The Morgan fingerprint density at radius 2 is 1.96 bits per heavy atom. The molecule has 0 aliphatic heterocycles. The lowest BCUT2D eigenvalue weighted by molar-refractivity contribution is -0.129. The molecule has 1 aromatic rings. The number of nitrogens with one attached hydrogen (secondary N) is 2. The number of nitrogens with two attached hydrogens (primary N) is 1. The highest BCUT2D eigenvalue weighted by Crippen LogP contribution is 2.26. The Hall–Kier alpha value is -1.59. The second-order valence-corrected chi connectivity index (χ2v) is 6.05. The third-order valence-electron chi connectivity index (χ3n) is 4.25. The highest BCUT2D eigenvalue weighted by molar-refractivity contribution is 5.87. The fourth-order valence-corrected chi connectivity index (χ4v) is 2.86. The monoisotopic (exact) mass is 339 g/mol. The molecule has 6 heteroatoms. The molecule has 3 atom stereocenters. The number of benzene rings is 1. The summed E-state index contributed by atoms with van der Waals surface area (Å²) >= 11 is 0. The van der Waals surface area contributed by atoms with E-state index in [-0.39, 0.29) is 36.2 Å². The van der Waals surface area contributed by atoms with Crippen molar-refractivity contribution in [3.05, 3.63) is 35.9 Å². The van der Waals surface area contributed by atoms with Crippen LogP contribution in [-0.4, -0.2) is 23.9 Å². The molecule has 1 aromatic carbocycles. The Bertz CT molecular complexity index is 510. The molecular formula is C17H26ClN3O2. The molecule has 0 heterocycles. The molecule has 5 nitrogen and oxygen atoms in total. The molecule has 4 N–H and O–H groups in total. The van der Waals surface area contributed by atoms with E-state index < -0.39 is 6.04 Å². The maximum absolute atomic E-state index is 12.0. The Balaban J connectivity index is 0.00000264. The van der Waals surface area contributed by atoms with Crippen molar-refractivity contribution in [2.24, 2.45) is 11.7 Å². The number of rotatable bonds is 6. The van der Waals surface area contributed by atoms with Gasteiger partial charge < -0.3 is 16.4 Å². The smallest absolute Gasteiger partial charge is 0.242 e. The van der Waals surface area contributed by atoms with E-state index in [2.05, 4.69) is 10.6 Å². The van der Waals surface area contributed by atoms with Crippen LogP contribution >= 0.6 is 12.4 Å². The summed E-state index contributed by atoms with van der Waals surface area (Å²) in [5.74, 6) is -0.0165. The zero-order chi connectivity index (χ0) is 15.9. The molecule has 0 aromatic heterocycles. The quantitative estimate of drug-likeness (QED) is 0.738. The van der Waals surface area contributed by atoms with E-state index in [0.29, 0.717) is 13.0 Å². The Morgan fingerprint density at radius 1 is 1.26 bits per heavy atom. The Kier molecular flexibility index (Phi) is 8.06. The molecule has 0 saturated heterocycles.